The highest BCUT2D eigenvalue weighted by Gasteiger charge is 2.35. The number of rotatable bonds is 4. The summed E-state index contributed by atoms with van der Waals surface area (Å²) < 4.78 is 11.1. The fourth-order valence-corrected chi connectivity index (χ4v) is 4.71. The van der Waals surface area contributed by atoms with Crippen LogP contribution in [0.3, 0.4) is 0 Å². The van der Waals surface area contributed by atoms with Gasteiger partial charge in [0, 0.05) is 12.0 Å². The number of nitrogens with zero attached hydrogens (tertiary/aromatic N) is 3. The molecule has 5 rings (SSSR count). The molecule has 6 heteroatoms. The topological polar surface area (TPSA) is 54.4 Å². The molecule has 3 heterocycles. The molecule has 0 aliphatic carbocycles. The number of amides is 1. The standard InChI is InChI=1S/C25H29N3O3/c1-17-6-7-18(2)20(12-17)21-14-22(19-8-9-23-24(13-19)31-16-30-23)28(26-21)25(29)15-27-10-4-3-5-11-27/h6-9,12-13,22H,3-5,10-11,14-16H2,1-2H3. The molecule has 3 aliphatic rings. The normalized spacial score (nSPS) is 20.8. The molecule has 0 aromatic heterocycles. The van der Waals surface area contributed by atoms with Crippen LogP contribution < -0.4 is 9.47 Å². The molecule has 1 fully saturated rings. The van der Waals surface area contributed by atoms with Gasteiger partial charge in [-0.15, -0.1) is 0 Å². The van der Waals surface area contributed by atoms with Crippen molar-refractivity contribution in [3.05, 3.63) is 58.7 Å². The van der Waals surface area contributed by atoms with Crippen LogP contribution in [0.15, 0.2) is 41.5 Å². The van der Waals surface area contributed by atoms with Gasteiger partial charge < -0.3 is 9.47 Å². The molecule has 2 aromatic carbocycles. The van der Waals surface area contributed by atoms with E-state index in [1.165, 1.54) is 17.5 Å². The first-order valence-electron chi connectivity index (χ1n) is 11.2. The van der Waals surface area contributed by atoms with Crippen LogP contribution >= 0.6 is 0 Å². The number of hydrazone groups is 1. The molecule has 0 saturated carbocycles. The lowest BCUT2D eigenvalue weighted by Gasteiger charge is -2.29. The molecule has 31 heavy (non-hydrogen) atoms. The number of carbonyl (C=O) groups excluding carboxylic acids is 1. The largest absolute Gasteiger partial charge is 0.454 e. The third-order valence-electron chi connectivity index (χ3n) is 6.46. The first-order chi connectivity index (χ1) is 15.1. The van der Waals surface area contributed by atoms with Gasteiger partial charge in [-0.3, -0.25) is 9.69 Å². The molecular formula is C25H29N3O3. The van der Waals surface area contributed by atoms with E-state index in [0.717, 1.165) is 54.3 Å². The number of hydrogen-bond acceptors (Lipinski definition) is 5. The Kier molecular flexibility index (Phi) is 5.40. The maximum Gasteiger partial charge on any atom is 0.257 e. The van der Waals surface area contributed by atoms with Crippen LogP contribution in [0.5, 0.6) is 11.5 Å². The number of likely N-dealkylation sites (tertiary alicyclic amines) is 1. The number of ether oxygens (including phenoxy) is 2. The lowest BCUT2D eigenvalue weighted by Crippen LogP contribution is -2.40. The molecule has 0 N–H and O–H groups in total. The lowest BCUT2D eigenvalue weighted by atomic mass is 9.95. The molecule has 162 valence electrons. The van der Waals surface area contributed by atoms with Crippen molar-refractivity contribution in [1.29, 1.82) is 0 Å². The van der Waals surface area contributed by atoms with Gasteiger partial charge in [0.15, 0.2) is 11.5 Å². The summed E-state index contributed by atoms with van der Waals surface area (Å²) in [7, 11) is 0. The number of piperidine rings is 1. The van der Waals surface area contributed by atoms with Gasteiger partial charge in [0.05, 0.1) is 18.3 Å². The van der Waals surface area contributed by atoms with Gasteiger partial charge in [-0.05, 0) is 69.1 Å². The fraction of sp³-hybridized carbons (Fsp3) is 0.440. The van der Waals surface area contributed by atoms with Gasteiger partial charge in [-0.2, -0.15) is 5.10 Å². The summed E-state index contributed by atoms with van der Waals surface area (Å²) in [5.41, 5.74) is 5.50. The third kappa shape index (κ3) is 4.04. The van der Waals surface area contributed by atoms with E-state index in [0.29, 0.717) is 13.0 Å². The minimum Gasteiger partial charge on any atom is -0.454 e. The first-order valence-corrected chi connectivity index (χ1v) is 11.2. The highest BCUT2D eigenvalue weighted by molar-refractivity contribution is 6.04. The number of hydrogen-bond donors (Lipinski definition) is 0. The predicted octanol–water partition coefficient (Wildman–Crippen LogP) is 4.20. The van der Waals surface area contributed by atoms with Crippen LogP contribution in [0.25, 0.3) is 0 Å². The van der Waals surface area contributed by atoms with E-state index in [4.69, 9.17) is 14.6 Å². The number of aryl methyl sites for hydroxylation is 2. The van der Waals surface area contributed by atoms with E-state index >= 15 is 0 Å². The average Bonchev–Trinajstić information content (AvgIpc) is 3.43. The summed E-state index contributed by atoms with van der Waals surface area (Å²) in [6.45, 7) is 6.83. The predicted molar refractivity (Wildman–Crippen MR) is 120 cm³/mol. The number of benzene rings is 2. The molecule has 2 aromatic rings. The van der Waals surface area contributed by atoms with Crippen LogP contribution in [0.2, 0.25) is 0 Å². The van der Waals surface area contributed by atoms with E-state index < -0.39 is 0 Å². The quantitative estimate of drug-likeness (QED) is 0.746. The minimum absolute atomic E-state index is 0.0601. The molecule has 6 nitrogen and oxygen atoms in total. The van der Waals surface area contributed by atoms with E-state index in [1.54, 1.807) is 5.01 Å². The van der Waals surface area contributed by atoms with Gasteiger partial charge >= 0.3 is 0 Å². The smallest absolute Gasteiger partial charge is 0.257 e. The van der Waals surface area contributed by atoms with Crippen LogP contribution in [-0.4, -0.2) is 48.0 Å². The van der Waals surface area contributed by atoms with Gasteiger partial charge in [-0.25, -0.2) is 5.01 Å². The van der Waals surface area contributed by atoms with Gasteiger partial charge in [0.25, 0.3) is 5.91 Å². The Morgan fingerprint density at radius 1 is 1.03 bits per heavy atom. The van der Waals surface area contributed by atoms with Crippen molar-refractivity contribution in [3.63, 3.8) is 0 Å². The highest BCUT2D eigenvalue weighted by Crippen LogP contribution is 2.39. The summed E-state index contributed by atoms with van der Waals surface area (Å²) >= 11 is 0. The van der Waals surface area contributed by atoms with E-state index in [-0.39, 0.29) is 18.7 Å². The van der Waals surface area contributed by atoms with E-state index in [2.05, 4.69) is 36.9 Å². The summed E-state index contributed by atoms with van der Waals surface area (Å²) in [5, 5.41) is 6.59. The van der Waals surface area contributed by atoms with Crippen molar-refractivity contribution in [2.75, 3.05) is 26.4 Å². The Bertz CT molecular complexity index is 1030. The molecule has 0 bridgehead atoms. The van der Waals surface area contributed by atoms with Crippen molar-refractivity contribution >= 4 is 11.6 Å². The zero-order chi connectivity index (χ0) is 21.4. The molecule has 1 atom stereocenters. The summed E-state index contributed by atoms with van der Waals surface area (Å²) in [4.78, 5) is 15.6. The van der Waals surface area contributed by atoms with Crippen LogP contribution in [0.4, 0.5) is 0 Å². The maximum absolute atomic E-state index is 13.4. The second-order valence-corrected chi connectivity index (χ2v) is 8.77. The minimum atomic E-state index is -0.137. The Morgan fingerprint density at radius 3 is 2.68 bits per heavy atom. The Morgan fingerprint density at radius 2 is 1.84 bits per heavy atom. The Balaban J connectivity index is 1.46. The molecule has 1 unspecified atom stereocenters. The molecule has 0 spiro atoms. The van der Waals surface area contributed by atoms with Crippen molar-refractivity contribution < 1.29 is 14.3 Å². The van der Waals surface area contributed by atoms with Crippen molar-refractivity contribution in [1.82, 2.24) is 9.91 Å². The number of carbonyl (C=O) groups is 1. The first kappa shape index (κ1) is 20.1. The van der Waals surface area contributed by atoms with Gasteiger partial charge in [0.1, 0.15) is 0 Å². The average molecular weight is 420 g/mol. The van der Waals surface area contributed by atoms with Gasteiger partial charge in [0.2, 0.25) is 6.79 Å². The molecule has 1 amide bonds. The monoisotopic (exact) mass is 419 g/mol. The molecular weight excluding hydrogens is 390 g/mol. The lowest BCUT2D eigenvalue weighted by molar-refractivity contribution is -0.134. The van der Waals surface area contributed by atoms with Crippen LogP contribution in [0.1, 0.15) is 54.0 Å². The zero-order valence-electron chi connectivity index (χ0n) is 18.3. The van der Waals surface area contributed by atoms with E-state index in [1.807, 2.05) is 18.2 Å². The Labute approximate surface area is 183 Å². The highest BCUT2D eigenvalue weighted by atomic mass is 16.7. The van der Waals surface area contributed by atoms with Gasteiger partial charge in [-0.1, -0.05) is 30.2 Å². The maximum atomic E-state index is 13.4. The SMILES string of the molecule is Cc1ccc(C)c(C2=NN(C(=O)CN3CCCCC3)C(c3ccc4c(c3)OCO4)C2)c1. The van der Waals surface area contributed by atoms with Crippen LogP contribution in [-0.2, 0) is 4.79 Å². The summed E-state index contributed by atoms with van der Waals surface area (Å²) in [5.74, 6) is 1.55. The molecule has 0 radical (unpaired) electrons. The third-order valence-corrected chi connectivity index (χ3v) is 6.46. The van der Waals surface area contributed by atoms with Crippen molar-refractivity contribution in [3.8, 4) is 11.5 Å². The van der Waals surface area contributed by atoms with E-state index in [9.17, 15) is 4.79 Å². The van der Waals surface area contributed by atoms with Crippen LogP contribution in [0, 0.1) is 13.8 Å². The molecule has 3 aliphatic heterocycles. The van der Waals surface area contributed by atoms with Crippen molar-refractivity contribution in [2.45, 2.75) is 45.6 Å². The molecule has 1 saturated heterocycles. The Hall–Kier alpha value is -2.86. The second-order valence-electron chi connectivity index (χ2n) is 8.77. The second kappa shape index (κ2) is 8.35. The van der Waals surface area contributed by atoms with Crippen molar-refractivity contribution in [2.24, 2.45) is 5.10 Å². The zero-order valence-corrected chi connectivity index (χ0v) is 18.3. The summed E-state index contributed by atoms with van der Waals surface area (Å²) in [6.07, 6.45) is 4.27. The number of fused-ring (bicyclic) bond motifs is 1. The fourth-order valence-electron chi connectivity index (χ4n) is 4.71. The summed E-state index contributed by atoms with van der Waals surface area (Å²) in [6, 6.07) is 12.2.